The molecule has 0 aliphatic heterocycles. The maximum Gasteiger partial charge on any atom is 0.253 e. The summed E-state index contributed by atoms with van der Waals surface area (Å²) in [5, 5.41) is 5.00. The summed E-state index contributed by atoms with van der Waals surface area (Å²) in [4.78, 5) is 18.2. The minimum Gasteiger partial charge on any atom is -0.346 e. The van der Waals surface area contributed by atoms with E-state index in [1.54, 1.807) is 11.3 Å². The first kappa shape index (κ1) is 17.5. The Morgan fingerprint density at radius 2 is 2.04 bits per heavy atom. The summed E-state index contributed by atoms with van der Waals surface area (Å²) in [5.74, 6) is -0.0639. The van der Waals surface area contributed by atoms with Crippen LogP contribution in [-0.4, -0.2) is 19.9 Å². The second kappa shape index (κ2) is 7.04. The van der Waals surface area contributed by atoms with Crippen molar-refractivity contribution in [2.45, 2.75) is 33.4 Å². The van der Waals surface area contributed by atoms with E-state index < -0.39 is 0 Å². The third-order valence-electron chi connectivity index (χ3n) is 4.97. The summed E-state index contributed by atoms with van der Waals surface area (Å²) in [6, 6.07) is 12.5. The lowest BCUT2D eigenvalue weighted by Crippen LogP contribution is -2.23. The topological polar surface area (TPSA) is 51.3 Å². The van der Waals surface area contributed by atoms with Gasteiger partial charge in [0.15, 0.2) is 4.96 Å². The van der Waals surface area contributed by atoms with Crippen LogP contribution in [0, 0.1) is 13.8 Å². The summed E-state index contributed by atoms with van der Waals surface area (Å²) in [6.45, 7) is 6.64. The number of aryl methyl sites for hydroxylation is 1. The number of nitrogens with one attached hydrogen (secondary N) is 1. The van der Waals surface area contributed by atoms with Crippen molar-refractivity contribution in [3.63, 3.8) is 0 Å². The molecule has 4 aromatic rings. The first-order valence-corrected chi connectivity index (χ1v) is 9.85. The molecule has 138 valence electrons. The fourth-order valence-electron chi connectivity index (χ4n) is 3.61. The molecular weight excluding hydrogens is 356 g/mol. The highest BCUT2D eigenvalue weighted by Gasteiger charge is 2.19. The Kier molecular flexibility index (Phi) is 4.58. The second-order valence-corrected chi connectivity index (χ2v) is 7.62. The molecule has 0 saturated carbocycles. The molecule has 0 aliphatic carbocycles. The Labute approximate surface area is 162 Å². The molecular formula is C21H22N4OS. The number of nitrogens with zero attached hydrogens (tertiary/aromatic N) is 3. The number of imidazole rings is 1. The number of carbonyl (C=O) groups is 1. The van der Waals surface area contributed by atoms with Crippen molar-refractivity contribution in [3.8, 4) is 0 Å². The summed E-state index contributed by atoms with van der Waals surface area (Å²) in [6.07, 6.45) is 3.92. The maximum atomic E-state index is 12.8. The average Bonchev–Trinajstić information content (AvgIpc) is 3.33. The van der Waals surface area contributed by atoms with Gasteiger partial charge >= 0.3 is 0 Å². The molecule has 0 spiro atoms. The van der Waals surface area contributed by atoms with E-state index in [-0.39, 0.29) is 11.9 Å². The van der Waals surface area contributed by atoms with E-state index in [1.807, 2.05) is 60.3 Å². The number of rotatable bonds is 5. The van der Waals surface area contributed by atoms with Gasteiger partial charge in [-0.2, -0.15) is 0 Å². The monoisotopic (exact) mass is 378 g/mol. The highest BCUT2D eigenvalue weighted by atomic mass is 32.1. The average molecular weight is 379 g/mol. The number of benzene rings is 1. The Morgan fingerprint density at radius 1 is 1.26 bits per heavy atom. The van der Waals surface area contributed by atoms with Gasteiger partial charge in [-0.05, 0) is 32.4 Å². The van der Waals surface area contributed by atoms with Crippen molar-refractivity contribution in [1.82, 2.24) is 19.3 Å². The lowest BCUT2D eigenvalue weighted by molar-refractivity contribution is 0.0949. The van der Waals surface area contributed by atoms with Gasteiger partial charge in [-0.3, -0.25) is 9.20 Å². The standard InChI is InChI=1S/C21H22N4OS/c1-14-11-19(16(3)25(14)15(2)17-7-5-4-6-8-17)20(26)22-12-18-13-24-9-10-27-21(24)23-18/h4-11,13,15H,12H2,1-3H3,(H,22,26). The SMILES string of the molecule is Cc1cc(C(=O)NCc2cn3ccsc3n2)c(C)n1C(C)c1ccccc1. The molecule has 5 nitrogen and oxygen atoms in total. The van der Waals surface area contributed by atoms with Gasteiger partial charge in [0.05, 0.1) is 23.8 Å². The summed E-state index contributed by atoms with van der Waals surface area (Å²) in [7, 11) is 0. The lowest BCUT2D eigenvalue weighted by Gasteiger charge is -2.19. The number of hydrogen-bond donors (Lipinski definition) is 1. The van der Waals surface area contributed by atoms with Gasteiger partial charge in [0.25, 0.3) is 5.91 Å². The largest absolute Gasteiger partial charge is 0.346 e. The van der Waals surface area contributed by atoms with E-state index in [0.29, 0.717) is 6.54 Å². The van der Waals surface area contributed by atoms with Crippen molar-refractivity contribution in [3.05, 3.63) is 82.4 Å². The number of fused-ring (bicyclic) bond motifs is 1. The highest BCUT2D eigenvalue weighted by Crippen LogP contribution is 2.25. The number of amides is 1. The van der Waals surface area contributed by atoms with Crippen LogP contribution in [0.5, 0.6) is 0 Å². The quantitative estimate of drug-likeness (QED) is 0.561. The molecule has 0 fully saturated rings. The molecule has 3 aromatic heterocycles. The van der Waals surface area contributed by atoms with Crippen LogP contribution in [0.3, 0.4) is 0 Å². The van der Waals surface area contributed by atoms with Crippen LogP contribution in [-0.2, 0) is 6.54 Å². The number of hydrogen-bond acceptors (Lipinski definition) is 3. The van der Waals surface area contributed by atoms with Crippen molar-refractivity contribution in [2.75, 3.05) is 0 Å². The van der Waals surface area contributed by atoms with E-state index in [4.69, 9.17) is 0 Å². The maximum absolute atomic E-state index is 12.8. The number of thiazole rings is 1. The van der Waals surface area contributed by atoms with Crippen LogP contribution in [0.25, 0.3) is 4.96 Å². The molecule has 1 amide bonds. The minimum absolute atomic E-state index is 0.0639. The molecule has 3 heterocycles. The molecule has 0 bridgehead atoms. The zero-order valence-electron chi connectivity index (χ0n) is 15.6. The fourth-order valence-corrected chi connectivity index (χ4v) is 4.33. The molecule has 6 heteroatoms. The lowest BCUT2D eigenvalue weighted by atomic mass is 10.1. The summed E-state index contributed by atoms with van der Waals surface area (Å²) < 4.78 is 4.19. The van der Waals surface area contributed by atoms with Gasteiger partial charge in [-0.1, -0.05) is 30.3 Å². The van der Waals surface area contributed by atoms with Gasteiger partial charge in [0.2, 0.25) is 0 Å². The predicted molar refractivity (Wildman–Crippen MR) is 108 cm³/mol. The van der Waals surface area contributed by atoms with Crippen LogP contribution in [0.2, 0.25) is 0 Å². The predicted octanol–water partition coefficient (Wildman–Crippen LogP) is 4.35. The van der Waals surface area contributed by atoms with Crippen molar-refractivity contribution in [2.24, 2.45) is 0 Å². The van der Waals surface area contributed by atoms with Crippen molar-refractivity contribution >= 4 is 22.2 Å². The number of aromatic nitrogens is 3. The van der Waals surface area contributed by atoms with Gasteiger partial charge in [0, 0.05) is 29.2 Å². The molecule has 1 N–H and O–H groups in total. The third kappa shape index (κ3) is 3.28. The van der Waals surface area contributed by atoms with E-state index in [2.05, 4.69) is 33.9 Å². The Balaban J connectivity index is 1.53. The van der Waals surface area contributed by atoms with Gasteiger partial charge in [-0.15, -0.1) is 11.3 Å². The van der Waals surface area contributed by atoms with Crippen LogP contribution in [0.1, 0.15) is 46.0 Å². The Morgan fingerprint density at radius 3 is 2.78 bits per heavy atom. The minimum atomic E-state index is -0.0639. The molecule has 1 atom stereocenters. The fraction of sp³-hybridized carbons (Fsp3) is 0.238. The molecule has 1 aromatic carbocycles. The van der Waals surface area contributed by atoms with E-state index >= 15 is 0 Å². The Hall–Kier alpha value is -2.86. The van der Waals surface area contributed by atoms with Crippen molar-refractivity contribution in [1.29, 1.82) is 0 Å². The second-order valence-electron chi connectivity index (χ2n) is 6.75. The molecule has 0 saturated heterocycles. The molecule has 27 heavy (non-hydrogen) atoms. The first-order chi connectivity index (χ1) is 13.0. The highest BCUT2D eigenvalue weighted by molar-refractivity contribution is 7.15. The summed E-state index contributed by atoms with van der Waals surface area (Å²) in [5.41, 5.74) is 4.87. The normalized spacial score (nSPS) is 12.4. The zero-order chi connectivity index (χ0) is 19.0. The van der Waals surface area contributed by atoms with Crippen LogP contribution < -0.4 is 5.32 Å². The van der Waals surface area contributed by atoms with Crippen LogP contribution in [0.15, 0.2) is 54.2 Å². The third-order valence-corrected chi connectivity index (χ3v) is 5.74. The molecule has 0 radical (unpaired) electrons. The van der Waals surface area contributed by atoms with E-state index in [0.717, 1.165) is 27.6 Å². The van der Waals surface area contributed by atoms with Gasteiger partial charge in [0.1, 0.15) is 0 Å². The van der Waals surface area contributed by atoms with Crippen LogP contribution in [0.4, 0.5) is 0 Å². The van der Waals surface area contributed by atoms with Crippen LogP contribution >= 0.6 is 11.3 Å². The van der Waals surface area contributed by atoms with Gasteiger partial charge in [-0.25, -0.2) is 4.98 Å². The molecule has 0 aliphatic rings. The summed E-state index contributed by atoms with van der Waals surface area (Å²) >= 11 is 1.58. The van der Waals surface area contributed by atoms with Crippen molar-refractivity contribution < 1.29 is 4.79 Å². The zero-order valence-corrected chi connectivity index (χ0v) is 16.5. The number of carbonyl (C=O) groups excluding carboxylic acids is 1. The van der Waals surface area contributed by atoms with Gasteiger partial charge < -0.3 is 9.88 Å². The smallest absolute Gasteiger partial charge is 0.253 e. The van der Waals surface area contributed by atoms with E-state index in [9.17, 15) is 4.79 Å². The Bertz CT molecular complexity index is 1060. The van der Waals surface area contributed by atoms with E-state index in [1.165, 1.54) is 5.56 Å². The molecule has 4 rings (SSSR count). The first-order valence-electron chi connectivity index (χ1n) is 8.97. The molecule has 1 unspecified atom stereocenters.